The molecule has 1 spiro atoms. The predicted octanol–water partition coefficient (Wildman–Crippen LogP) is 1.83. The number of benzene rings is 1. The first-order valence-electron chi connectivity index (χ1n) is 10.1. The molecule has 0 radical (unpaired) electrons. The molecule has 0 saturated carbocycles. The van der Waals surface area contributed by atoms with Crippen molar-refractivity contribution >= 4 is 30.0 Å². The molecule has 1 N–H and O–H groups in total. The van der Waals surface area contributed by atoms with Crippen LogP contribution in [-0.2, 0) is 33.4 Å². The molecule has 1 aromatic carbocycles. The fraction of sp³-hybridized carbons (Fsp3) is 0.391. The zero-order valence-electron chi connectivity index (χ0n) is 18.5. The number of hydrogen-bond donors (Lipinski definition) is 1. The van der Waals surface area contributed by atoms with Crippen LogP contribution in [0, 0.1) is 0 Å². The Morgan fingerprint density at radius 3 is 2.39 bits per heavy atom. The highest BCUT2D eigenvalue weighted by Crippen LogP contribution is 2.40. The quantitative estimate of drug-likeness (QED) is 0.300. The molecule has 1 aliphatic heterocycles. The Labute approximate surface area is 189 Å². The number of carbonyl (C=O) groups excluding carboxylic acids is 4. The summed E-state index contributed by atoms with van der Waals surface area (Å²) in [6.07, 6.45) is 2.94. The van der Waals surface area contributed by atoms with E-state index in [1.807, 2.05) is 0 Å². The SMILES string of the molecule is CC(=O)Oc1ccc(/C=C/C(=O)OC2CC3(C=CC2O)OC(C)(C)OC3=O)cc1OC(C)=O. The van der Waals surface area contributed by atoms with Crippen molar-refractivity contribution in [3.8, 4) is 11.5 Å². The smallest absolute Gasteiger partial charge is 0.345 e. The van der Waals surface area contributed by atoms with Gasteiger partial charge in [0.25, 0.3) is 0 Å². The van der Waals surface area contributed by atoms with Crippen LogP contribution >= 0.6 is 0 Å². The van der Waals surface area contributed by atoms with Gasteiger partial charge in [-0.3, -0.25) is 9.59 Å². The average Bonchev–Trinajstić information content (AvgIpc) is 2.92. The van der Waals surface area contributed by atoms with E-state index in [1.54, 1.807) is 13.8 Å². The second-order valence-electron chi connectivity index (χ2n) is 8.04. The van der Waals surface area contributed by atoms with Crippen molar-refractivity contribution in [2.75, 3.05) is 0 Å². The summed E-state index contributed by atoms with van der Waals surface area (Å²) in [6, 6.07) is 4.35. The first-order valence-corrected chi connectivity index (χ1v) is 10.1. The van der Waals surface area contributed by atoms with Gasteiger partial charge in [-0.05, 0) is 29.8 Å². The van der Waals surface area contributed by atoms with Gasteiger partial charge in [-0.25, -0.2) is 9.59 Å². The van der Waals surface area contributed by atoms with Gasteiger partial charge in [0, 0.05) is 40.2 Å². The molecule has 1 aromatic rings. The lowest BCUT2D eigenvalue weighted by atomic mass is 9.87. The summed E-state index contributed by atoms with van der Waals surface area (Å²) < 4.78 is 26.3. The van der Waals surface area contributed by atoms with E-state index in [0.29, 0.717) is 5.56 Å². The van der Waals surface area contributed by atoms with E-state index in [0.717, 1.165) is 6.08 Å². The normalized spacial score (nSPS) is 25.7. The molecule has 3 atom stereocenters. The molecule has 0 bridgehead atoms. The highest BCUT2D eigenvalue weighted by Gasteiger charge is 2.56. The third-order valence-electron chi connectivity index (χ3n) is 4.71. The van der Waals surface area contributed by atoms with Crippen molar-refractivity contribution in [2.24, 2.45) is 0 Å². The summed E-state index contributed by atoms with van der Waals surface area (Å²) in [5.41, 5.74) is -0.993. The van der Waals surface area contributed by atoms with E-state index in [4.69, 9.17) is 23.7 Å². The van der Waals surface area contributed by atoms with Crippen LogP contribution in [0.5, 0.6) is 11.5 Å². The minimum absolute atomic E-state index is 0.00232. The molecular formula is C23H24O10. The number of ether oxygens (including phenoxy) is 5. The Hall–Kier alpha value is -3.50. The van der Waals surface area contributed by atoms with Crippen LogP contribution < -0.4 is 9.47 Å². The molecule has 176 valence electrons. The summed E-state index contributed by atoms with van der Waals surface area (Å²) in [5.74, 6) is -3.71. The average molecular weight is 460 g/mol. The van der Waals surface area contributed by atoms with Crippen molar-refractivity contribution < 1.29 is 48.0 Å². The topological polar surface area (TPSA) is 135 Å². The van der Waals surface area contributed by atoms with Crippen molar-refractivity contribution in [1.82, 2.24) is 0 Å². The Morgan fingerprint density at radius 2 is 1.79 bits per heavy atom. The molecule has 1 fully saturated rings. The van der Waals surface area contributed by atoms with Crippen LogP contribution in [0.1, 0.15) is 39.7 Å². The van der Waals surface area contributed by atoms with Gasteiger partial charge >= 0.3 is 23.9 Å². The molecule has 1 heterocycles. The summed E-state index contributed by atoms with van der Waals surface area (Å²) in [5, 5.41) is 10.2. The largest absolute Gasteiger partial charge is 0.456 e. The molecule has 2 aliphatic rings. The Bertz CT molecular complexity index is 1040. The molecule has 1 saturated heterocycles. The molecule has 3 unspecified atom stereocenters. The molecule has 3 rings (SSSR count). The summed E-state index contributed by atoms with van der Waals surface area (Å²) >= 11 is 0. The van der Waals surface area contributed by atoms with Crippen molar-refractivity contribution in [2.45, 2.75) is 57.7 Å². The zero-order valence-corrected chi connectivity index (χ0v) is 18.5. The van der Waals surface area contributed by atoms with Gasteiger partial charge in [0.2, 0.25) is 5.79 Å². The number of aliphatic hydroxyl groups is 1. The van der Waals surface area contributed by atoms with Crippen molar-refractivity contribution in [3.63, 3.8) is 0 Å². The lowest BCUT2D eigenvalue weighted by molar-refractivity contribution is -0.170. The van der Waals surface area contributed by atoms with Crippen LogP contribution in [0.3, 0.4) is 0 Å². The number of carbonyl (C=O) groups is 4. The van der Waals surface area contributed by atoms with Crippen LogP contribution in [0.15, 0.2) is 36.4 Å². The van der Waals surface area contributed by atoms with E-state index in [9.17, 15) is 24.3 Å². The van der Waals surface area contributed by atoms with Gasteiger partial charge in [-0.2, -0.15) is 0 Å². The first-order chi connectivity index (χ1) is 15.4. The zero-order chi connectivity index (χ0) is 24.4. The number of cyclic esters (lactones) is 1. The van der Waals surface area contributed by atoms with Gasteiger partial charge in [-0.1, -0.05) is 12.1 Å². The van der Waals surface area contributed by atoms with Crippen molar-refractivity contribution in [3.05, 3.63) is 42.0 Å². The highest BCUT2D eigenvalue weighted by molar-refractivity contribution is 5.88. The van der Waals surface area contributed by atoms with E-state index in [-0.39, 0.29) is 17.9 Å². The minimum atomic E-state index is -1.44. The maximum Gasteiger partial charge on any atom is 0.345 e. The van der Waals surface area contributed by atoms with Crippen LogP contribution in [0.25, 0.3) is 6.08 Å². The van der Waals surface area contributed by atoms with Gasteiger partial charge in [0.15, 0.2) is 17.1 Å². The number of hydrogen-bond acceptors (Lipinski definition) is 10. The maximum atomic E-state index is 12.4. The van der Waals surface area contributed by atoms with E-state index >= 15 is 0 Å². The second kappa shape index (κ2) is 9.16. The molecule has 0 amide bonds. The third kappa shape index (κ3) is 5.85. The fourth-order valence-corrected chi connectivity index (χ4v) is 3.47. The van der Waals surface area contributed by atoms with Gasteiger partial charge in [-0.15, -0.1) is 0 Å². The Morgan fingerprint density at radius 1 is 1.12 bits per heavy atom. The minimum Gasteiger partial charge on any atom is -0.456 e. The third-order valence-corrected chi connectivity index (χ3v) is 4.71. The predicted molar refractivity (Wildman–Crippen MR) is 112 cm³/mol. The fourth-order valence-electron chi connectivity index (χ4n) is 3.47. The molecule has 10 heteroatoms. The van der Waals surface area contributed by atoms with Crippen molar-refractivity contribution in [1.29, 1.82) is 0 Å². The van der Waals surface area contributed by atoms with Gasteiger partial charge < -0.3 is 28.8 Å². The summed E-state index contributed by atoms with van der Waals surface area (Å²) in [7, 11) is 0. The molecule has 10 nitrogen and oxygen atoms in total. The van der Waals surface area contributed by atoms with E-state index < -0.39 is 47.5 Å². The highest BCUT2D eigenvalue weighted by atomic mass is 16.8. The summed E-state index contributed by atoms with van der Waals surface area (Å²) in [4.78, 5) is 47.2. The molecule has 33 heavy (non-hydrogen) atoms. The van der Waals surface area contributed by atoms with E-state index in [2.05, 4.69) is 0 Å². The Balaban J connectivity index is 1.71. The monoisotopic (exact) mass is 460 g/mol. The number of rotatable bonds is 5. The lowest BCUT2D eigenvalue weighted by Gasteiger charge is -2.32. The van der Waals surface area contributed by atoms with Crippen LogP contribution in [0.4, 0.5) is 0 Å². The Kier molecular flexibility index (Phi) is 6.71. The number of aliphatic hydroxyl groups excluding tert-OH is 1. The second-order valence-corrected chi connectivity index (χ2v) is 8.04. The van der Waals surface area contributed by atoms with E-state index in [1.165, 1.54) is 50.3 Å². The first kappa shape index (κ1) is 24.1. The maximum absolute atomic E-state index is 12.4. The molecule has 1 aliphatic carbocycles. The number of esters is 4. The summed E-state index contributed by atoms with van der Waals surface area (Å²) in [6.45, 7) is 5.56. The van der Waals surface area contributed by atoms with Gasteiger partial charge in [0.1, 0.15) is 12.2 Å². The van der Waals surface area contributed by atoms with Crippen LogP contribution in [0.2, 0.25) is 0 Å². The van der Waals surface area contributed by atoms with Crippen LogP contribution in [-0.4, -0.2) is 52.6 Å². The van der Waals surface area contributed by atoms with Gasteiger partial charge in [0.05, 0.1) is 0 Å². The lowest BCUT2D eigenvalue weighted by Crippen LogP contribution is -2.47. The molecule has 0 aromatic heterocycles. The standard InChI is InChI=1S/C23H24O10/c1-13(24)29-17-7-5-15(11-18(17)30-14(2)25)6-8-20(27)31-19-12-23(10-9-16(19)26)21(28)32-22(3,4)33-23/h5-11,16,19,26H,12H2,1-4H3/b8-6+. The molecular weight excluding hydrogens is 436 g/mol.